The second-order valence-electron chi connectivity index (χ2n) is 18.7. The summed E-state index contributed by atoms with van der Waals surface area (Å²) in [5.41, 5.74) is 5.52. The minimum atomic E-state index is -3.73. The Kier molecular flexibility index (Phi) is 14.4. The van der Waals surface area contributed by atoms with Crippen molar-refractivity contribution in [3.63, 3.8) is 0 Å². The van der Waals surface area contributed by atoms with Crippen LogP contribution in [-0.4, -0.2) is 126 Å². The Hall–Kier alpha value is -6.70. The van der Waals surface area contributed by atoms with Crippen molar-refractivity contribution in [2.75, 3.05) is 87.6 Å². The van der Waals surface area contributed by atoms with Gasteiger partial charge in [-0.1, -0.05) is 36.4 Å². The number of aryl methyl sites for hydroxylation is 1. The average Bonchev–Trinajstić information content (AvgIpc) is 3.96. The van der Waals surface area contributed by atoms with E-state index in [0.29, 0.717) is 55.7 Å². The minimum absolute atomic E-state index is 0.0841. The summed E-state index contributed by atoms with van der Waals surface area (Å²) in [5, 5.41) is 15.5. The molecule has 4 aromatic carbocycles. The number of nitrogens with zero attached hydrogens (tertiary/aromatic N) is 8. The van der Waals surface area contributed by atoms with Crippen molar-refractivity contribution in [1.29, 1.82) is 0 Å². The van der Waals surface area contributed by atoms with Crippen LogP contribution >= 0.6 is 23.5 Å². The molecule has 3 N–H and O–H groups in total. The fourth-order valence-electron chi connectivity index (χ4n) is 10.6. The van der Waals surface area contributed by atoms with Crippen LogP contribution in [0.1, 0.15) is 59.2 Å². The number of piperazine rings is 1. The Balaban J connectivity index is 0.776. The molecule has 1 atom stereocenters. The number of hydrogen-bond acceptors (Lipinski definition) is 16. The molecule has 0 bridgehead atoms. The topological polar surface area (TPSA) is 206 Å². The van der Waals surface area contributed by atoms with Gasteiger partial charge < -0.3 is 34.2 Å². The van der Waals surface area contributed by atoms with Gasteiger partial charge in [0.05, 0.1) is 51.3 Å². The standard InChI is InChI=1S/C52H57BrN11O8P/c1-60-31-34(29-55-60)37-27-40(57-52-54-30-38(53)48(59-52)56-39-15-14-33-10-5-6-11-35(33)47(39)73(69,71-3)72-4)44(70-2)28-43(37)63-25-23-61(24-26-63)20-8-9-32-18-21-62(22-19-32)41-13-7-12-36-46(41)51(68)64(50(36)67)42-16-17-45(65)58-49(42)66/h5-7,10-15,27-32,42H,8-9,16-26H2,1-4H3,(H,58,65,66)(H2,54,56,57,59). The first-order valence-corrected chi connectivity index (χ1v) is 26.8. The van der Waals surface area contributed by atoms with Crippen LogP contribution in [0, 0.1) is 5.92 Å². The average molecular weight is 1070 g/mol. The van der Waals surface area contributed by atoms with Gasteiger partial charge in [-0.15, -0.1) is 0 Å². The molecule has 19 nitrogen and oxygen atoms in total. The van der Waals surface area contributed by atoms with Gasteiger partial charge in [0.25, 0.3) is 11.8 Å². The van der Waals surface area contributed by atoms with E-state index in [4.69, 9.17) is 18.8 Å². The van der Waals surface area contributed by atoms with Gasteiger partial charge in [0, 0.05) is 102 Å². The van der Waals surface area contributed by atoms with E-state index in [1.807, 2.05) is 61.9 Å². The molecule has 10 rings (SSSR count). The Morgan fingerprint density at radius 1 is 0.808 bits per heavy atom. The number of halogens is 1. The van der Waals surface area contributed by atoms with E-state index >= 15 is 0 Å². The molecule has 2 aromatic heterocycles. The summed E-state index contributed by atoms with van der Waals surface area (Å²) in [4.78, 5) is 69.2. The largest absolute Gasteiger partial charge is 0.494 e. The third-order valence-electron chi connectivity index (χ3n) is 14.4. The molecular weight excluding hydrogens is 1020 g/mol. The van der Waals surface area contributed by atoms with Gasteiger partial charge in [0.1, 0.15) is 17.6 Å². The molecule has 0 aliphatic carbocycles. The lowest BCUT2D eigenvalue weighted by atomic mass is 9.91. The zero-order valence-electron chi connectivity index (χ0n) is 41.1. The first kappa shape index (κ1) is 49.9. The van der Waals surface area contributed by atoms with E-state index in [1.165, 1.54) is 14.2 Å². The molecule has 0 saturated carbocycles. The minimum Gasteiger partial charge on any atom is -0.494 e. The fourth-order valence-corrected chi connectivity index (χ4v) is 12.3. The summed E-state index contributed by atoms with van der Waals surface area (Å²) in [6.45, 7) is 6.00. The van der Waals surface area contributed by atoms with Gasteiger partial charge >= 0.3 is 7.60 Å². The molecular formula is C52H57BrN11O8P. The fraction of sp³-hybridized carbons (Fsp3) is 0.365. The van der Waals surface area contributed by atoms with Gasteiger partial charge in [0.2, 0.25) is 17.8 Å². The lowest BCUT2D eigenvalue weighted by molar-refractivity contribution is -0.136. The molecule has 4 aliphatic heterocycles. The molecule has 0 radical (unpaired) electrons. The van der Waals surface area contributed by atoms with Crippen molar-refractivity contribution < 1.29 is 37.5 Å². The molecule has 73 heavy (non-hydrogen) atoms. The number of carbonyl (C=O) groups excluding carboxylic acids is 4. The number of hydrogen-bond donors (Lipinski definition) is 3. The van der Waals surface area contributed by atoms with Crippen molar-refractivity contribution in [2.24, 2.45) is 13.0 Å². The van der Waals surface area contributed by atoms with Gasteiger partial charge in [-0.05, 0) is 95.5 Å². The highest BCUT2D eigenvalue weighted by Gasteiger charge is 2.46. The SMILES string of the molecule is COc1cc(N2CCN(CCCC3CCN(c4cccc5c4C(=O)N(C4CCC(=O)NC4=O)C5=O)CC3)CC2)c(-c2cnn(C)c2)cc1Nc1ncc(Br)c(Nc2ccc3ccccc3c2P(=O)(OC)OC)n1. The van der Waals surface area contributed by atoms with Crippen LogP contribution in [0.2, 0.25) is 0 Å². The molecule has 21 heteroatoms. The number of amides is 4. The van der Waals surface area contributed by atoms with Crippen molar-refractivity contribution in [1.82, 2.24) is 34.9 Å². The van der Waals surface area contributed by atoms with Crippen molar-refractivity contribution in [3.8, 4) is 16.9 Å². The molecule has 0 spiro atoms. The molecule has 380 valence electrons. The number of fused-ring (bicyclic) bond motifs is 2. The summed E-state index contributed by atoms with van der Waals surface area (Å²) in [5.74, 6) is -0.0715. The monoisotopic (exact) mass is 1070 g/mol. The molecule has 6 heterocycles. The maximum absolute atomic E-state index is 14.0. The maximum Gasteiger partial charge on any atom is 0.363 e. The Morgan fingerprint density at radius 3 is 2.30 bits per heavy atom. The van der Waals surface area contributed by atoms with E-state index < -0.39 is 37.3 Å². The first-order valence-electron chi connectivity index (χ1n) is 24.4. The summed E-state index contributed by atoms with van der Waals surface area (Å²) >= 11 is 3.60. The second kappa shape index (κ2) is 21.0. The number of benzene rings is 4. The quantitative estimate of drug-likeness (QED) is 0.0630. The number of anilines is 6. The lowest BCUT2D eigenvalue weighted by Gasteiger charge is -2.38. The van der Waals surface area contributed by atoms with Crippen molar-refractivity contribution >= 4 is 97.7 Å². The predicted molar refractivity (Wildman–Crippen MR) is 283 cm³/mol. The lowest BCUT2D eigenvalue weighted by Crippen LogP contribution is -2.54. The van der Waals surface area contributed by atoms with E-state index in [2.05, 4.69) is 68.8 Å². The van der Waals surface area contributed by atoms with Crippen molar-refractivity contribution in [2.45, 2.75) is 44.6 Å². The van der Waals surface area contributed by atoms with Crippen LogP contribution in [0.4, 0.5) is 34.5 Å². The maximum atomic E-state index is 14.0. The number of aromatic nitrogens is 4. The number of nitrogens with one attached hydrogen (secondary N) is 3. The van der Waals surface area contributed by atoms with Crippen LogP contribution in [-0.2, 0) is 30.2 Å². The molecule has 1 unspecified atom stereocenters. The third-order valence-corrected chi connectivity index (χ3v) is 17.0. The normalized spacial score (nSPS) is 17.9. The second-order valence-corrected chi connectivity index (χ2v) is 21.7. The van der Waals surface area contributed by atoms with E-state index in [0.717, 1.165) is 110 Å². The number of carbonyl (C=O) groups is 4. The summed E-state index contributed by atoms with van der Waals surface area (Å²) in [6.07, 6.45) is 9.85. The van der Waals surface area contributed by atoms with Crippen LogP contribution in [0.15, 0.2) is 89.8 Å². The summed E-state index contributed by atoms with van der Waals surface area (Å²) < 4.78 is 33.3. The van der Waals surface area contributed by atoms with E-state index in [-0.39, 0.29) is 12.8 Å². The Morgan fingerprint density at radius 2 is 1.58 bits per heavy atom. The number of ether oxygens (including phenoxy) is 1. The van der Waals surface area contributed by atoms with Gasteiger partial charge in [-0.3, -0.25) is 43.5 Å². The Bertz CT molecular complexity index is 3170. The van der Waals surface area contributed by atoms with Crippen LogP contribution < -0.4 is 35.8 Å². The zero-order chi connectivity index (χ0) is 51.0. The summed E-state index contributed by atoms with van der Waals surface area (Å²) in [7, 11) is 2.55. The summed E-state index contributed by atoms with van der Waals surface area (Å²) in [6, 6.07) is 19.8. The number of piperidine rings is 2. The first-order chi connectivity index (χ1) is 35.4. The molecule has 4 aliphatic rings. The van der Waals surface area contributed by atoms with E-state index in [1.54, 1.807) is 30.1 Å². The number of imide groups is 2. The van der Waals surface area contributed by atoms with Gasteiger partial charge in [-0.2, -0.15) is 10.1 Å². The van der Waals surface area contributed by atoms with Crippen molar-refractivity contribution in [3.05, 3.63) is 101 Å². The molecule has 4 amide bonds. The molecule has 6 aromatic rings. The van der Waals surface area contributed by atoms with Crippen LogP contribution in [0.5, 0.6) is 5.75 Å². The molecule has 3 fully saturated rings. The zero-order valence-corrected chi connectivity index (χ0v) is 43.6. The smallest absolute Gasteiger partial charge is 0.363 e. The van der Waals surface area contributed by atoms with E-state index in [9.17, 15) is 23.7 Å². The van der Waals surface area contributed by atoms with Gasteiger partial charge in [0.15, 0.2) is 0 Å². The number of methoxy groups -OCH3 is 1. The Labute approximate surface area is 431 Å². The van der Waals surface area contributed by atoms with Crippen LogP contribution in [0.3, 0.4) is 0 Å². The highest BCUT2D eigenvalue weighted by Crippen LogP contribution is 2.50. The third kappa shape index (κ3) is 9.93. The highest BCUT2D eigenvalue weighted by molar-refractivity contribution is 9.10. The number of rotatable bonds is 16. The highest BCUT2D eigenvalue weighted by atomic mass is 79.9. The predicted octanol–water partition coefficient (Wildman–Crippen LogP) is 7.62. The van der Waals surface area contributed by atoms with Gasteiger partial charge in [-0.25, -0.2) is 4.98 Å². The van der Waals surface area contributed by atoms with Crippen LogP contribution in [0.25, 0.3) is 21.9 Å². The molecule has 3 saturated heterocycles.